The molecule has 0 amide bonds. The van der Waals surface area contributed by atoms with Gasteiger partial charge in [0.05, 0.1) is 0 Å². The molecule has 18 heavy (non-hydrogen) atoms. The maximum absolute atomic E-state index is 5.85. The fourth-order valence-electron chi connectivity index (χ4n) is 1.77. The molecule has 0 bridgehead atoms. The van der Waals surface area contributed by atoms with Crippen molar-refractivity contribution >= 4 is 6.08 Å². The lowest BCUT2D eigenvalue weighted by molar-refractivity contribution is 0.304. The molecular formula is C17H18O. The van der Waals surface area contributed by atoms with E-state index in [2.05, 4.69) is 62.9 Å². The number of aryl methyl sites for hydroxylation is 2. The summed E-state index contributed by atoms with van der Waals surface area (Å²) in [5.41, 5.74) is 4.69. The van der Waals surface area contributed by atoms with Crippen LogP contribution < -0.4 is 4.74 Å². The molecule has 0 aliphatic carbocycles. The summed E-state index contributed by atoms with van der Waals surface area (Å²) in [6.45, 7) is 8.48. The van der Waals surface area contributed by atoms with Gasteiger partial charge in [-0.2, -0.15) is 0 Å². The fourth-order valence-corrected chi connectivity index (χ4v) is 1.77. The standard InChI is InChI=1S/C17H18O/c1-4-15-7-9-16(10-8-15)12-18-17-11-13(2)5-6-14(17)3/h4-11H,1,12H2,2-3H3. The van der Waals surface area contributed by atoms with Crippen LogP contribution in [-0.4, -0.2) is 0 Å². The summed E-state index contributed by atoms with van der Waals surface area (Å²) in [5, 5.41) is 0. The van der Waals surface area contributed by atoms with Crippen molar-refractivity contribution < 1.29 is 4.74 Å². The third kappa shape index (κ3) is 3.01. The van der Waals surface area contributed by atoms with Crippen molar-refractivity contribution in [2.24, 2.45) is 0 Å². The first-order chi connectivity index (χ1) is 8.69. The first-order valence-corrected chi connectivity index (χ1v) is 6.10. The van der Waals surface area contributed by atoms with E-state index in [-0.39, 0.29) is 0 Å². The van der Waals surface area contributed by atoms with E-state index < -0.39 is 0 Å². The molecule has 1 nitrogen and oxygen atoms in total. The fraction of sp³-hybridized carbons (Fsp3) is 0.176. The molecule has 0 unspecified atom stereocenters. The summed E-state index contributed by atoms with van der Waals surface area (Å²) >= 11 is 0. The third-order valence-corrected chi connectivity index (χ3v) is 2.95. The van der Waals surface area contributed by atoms with Crippen LogP contribution in [0.15, 0.2) is 49.0 Å². The molecule has 92 valence electrons. The number of ether oxygens (including phenoxy) is 1. The number of hydrogen-bond donors (Lipinski definition) is 0. The van der Waals surface area contributed by atoms with Crippen LogP contribution in [0.2, 0.25) is 0 Å². The van der Waals surface area contributed by atoms with Crippen LogP contribution in [0.5, 0.6) is 5.75 Å². The predicted octanol–water partition coefficient (Wildman–Crippen LogP) is 4.53. The van der Waals surface area contributed by atoms with Crippen molar-refractivity contribution in [2.75, 3.05) is 0 Å². The molecule has 0 atom stereocenters. The van der Waals surface area contributed by atoms with E-state index in [4.69, 9.17) is 4.74 Å². The summed E-state index contributed by atoms with van der Waals surface area (Å²) < 4.78 is 5.85. The van der Waals surface area contributed by atoms with E-state index in [1.54, 1.807) is 0 Å². The summed E-state index contributed by atoms with van der Waals surface area (Å²) in [6, 6.07) is 14.5. The van der Waals surface area contributed by atoms with Crippen LogP contribution in [0.1, 0.15) is 22.3 Å². The second-order valence-corrected chi connectivity index (χ2v) is 4.50. The lowest BCUT2D eigenvalue weighted by atomic mass is 10.1. The minimum absolute atomic E-state index is 0.599. The summed E-state index contributed by atoms with van der Waals surface area (Å²) in [7, 11) is 0. The molecule has 0 heterocycles. The van der Waals surface area contributed by atoms with Crippen molar-refractivity contribution in [2.45, 2.75) is 20.5 Å². The van der Waals surface area contributed by atoms with Gasteiger partial charge in [0.1, 0.15) is 12.4 Å². The number of hydrogen-bond acceptors (Lipinski definition) is 1. The molecule has 0 aliphatic heterocycles. The Morgan fingerprint density at radius 2 is 1.78 bits per heavy atom. The van der Waals surface area contributed by atoms with E-state index in [0.29, 0.717) is 6.61 Å². The summed E-state index contributed by atoms with van der Waals surface area (Å²) in [6.07, 6.45) is 1.84. The molecule has 0 aliphatic rings. The zero-order valence-corrected chi connectivity index (χ0v) is 10.9. The molecule has 0 spiro atoms. The van der Waals surface area contributed by atoms with Gasteiger partial charge in [0.15, 0.2) is 0 Å². The predicted molar refractivity (Wildman–Crippen MR) is 76.8 cm³/mol. The second kappa shape index (κ2) is 5.54. The molecule has 2 rings (SSSR count). The molecule has 2 aromatic carbocycles. The van der Waals surface area contributed by atoms with E-state index in [9.17, 15) is 0 Å². The van der Waals surface area contributed by atoms with E-state index in [1.165, 1.54) is 16.7 Å². The SMILES string of the molecule is C=Cc1ccc(COc2cc(C)ccc2C)cc1. The molecule has 0 saturated carbocycles. The van der Waals surface area contributed by atoms with Gasteiger partial charge in [-0.3, -0.25) is 0 Å². The molecule has 1 heteroatoms. The van der Waals surface area contributed by atoms with E-state index >= 15 is 0 Å². The van der Waals surface area contributed by atoms with Crippen LogP contribution in [0.25, 0.3) is 6.08 Å². The molecular weight excluding hydrogens is 220 g/mol. The van der Waals surface area contributed by atoms with Gasteiger partial charge in [0.25, 0.3) is 0 Å². The average molecular weight is 238 g/mol. The van der Waals surface area contributed by atoms with Crippen LogP contribution in [0.3, 0.4) is 0 Å². The van der Waals surface area contributed by atoms with Crippen molar-refractivity contribution in [3.8, 4) is 5.75 Å². The minimum Gasteiger partial charge on any atom is -0.489 e. The Bertz CT molecular complexity index is 538. The zero-order chi connectivity index (χ0) is 13.0. The zero-order valence-electron chi connectivity index (χ0n) is 10.9. The summed E-state index contributed by atoms with van der Waals surface area (Å²) in [4.78, 5) is 0. The highest BCUT2D eigenvalue weighted by molar-refractivity contribution is 5.47. The highest BCUT2D eigenvalue weighted by Gasteiger charge is 2.00. The van der Waals surface area contributed by atoms with Crippen molar-refractivity contribution in [3.05, 3.63) is 71.3 Å². The van der Waals surface area contributed by atoms with Gasteiger partial charge in [-0.25, -0.2) is 0 Å². The Morgan fingerprint density at radius 1 is 1.06 bits per heavy atom. The number of rotatable bonds is 4. The van der Waals surface area contributed by atoms with E-state index in [1.807, 2.05) is 6.08 Å². The maximum atomic E-state index is 5.85. The van der Waals surface area contributed by atoms with Crippen LogP contribution in [0, 0.1) is 13.8 Å². The van der Waals surface area contributed by atoms with Gasteiger partial charge in [0.2, 0.25) is 0 Å². The van der Waals surface area contributed by atoms with Gasteiger partial charge in [-0.05, 0) is 42.2 Å². The molecule has 0 aromatic heterocycles. The van der Waals surface area contributed by atoms with Crippen LogP contribution >= 0.6 is 0 Å². The monoisotopic (exact) mass is 238 g/mol. The highest BCUT2D eigenvalue weighted by Crippen LogP contribution is 2.20. The van der Waals surface area contributed by atoms with Crippen molar-refractivity contribution in [1.82, 2.24) is 0 Å². The second-order valence-electron chi connectivity index (χ2n) is 4.50. The molecule has 0 N–H and O–H groups in total. The normalized spacial score (nSPS) is 10.1. The molecule has 0 saturated heterocycles. The summed E-state index contributed by atoms with van der Waals surface area (Å²) in [5.74, 6) is 0.961. The lowest BCUT2D eigenvalue weighted by Gasteiger charge is -2.10. The number of benzene rings is 2. The minimum atomic E-state index is 0.599. The third-order valence-electron chi connectivity index (χ3n) is 2.95. The Balaban J connectivity index is 2.06. The Hall–Kier alpha value is -2.02. The first-order valence-electron chi connectivity index (χ1n) is 6.10. The van der Waals surface area contributed by atoms with Gasteiger partial charge >= 0.3 is 0 Å². The van der Waals surface area contributed by atoms with Crippen molar-refractivity contribution in [3.63, 3.8) is 0 Å². The Morgan fingerprint density at radius 3 is 2.44 bits per heavy atom. The molecule has 2 aromatic rings. The topological polar surface area (TPSA) is 9.23 Å². The largest absolute Gasteiger partial charge is 0.489 e. The molecule has 0 radical (unpaired) electrons. The highest BCUT2D eigenvalue weighted by atomic mass is 16.5. The van der Waals surface area contributed by atoms with Crippen molar-refractivity contribution in [1.29, 1.82) is 0 Å². The smallest absolute Gasteiger partial charge is 0.122 e. The van der Waals surface area contributed by atoms with Gasteiger partial charge in [-0.15, -0.1) is 0 Å². The Labute approximate surface area is 109 Å². The molecule has 0 fully saturated rings. The quantitative estimate of drug-likeness (QED) is 0.760. The first kappa shape index (κ1) is 12.4. The van der Waals surface area contributed by atoms with Crippen LogP contribution in [0.4, 0.5) is 0 Å². The van der Waals surface area contributed by atoms with Gasteiger partial charge < -0.3 is 4.74 Å². The van der Waals surface area contributed by atoms with E-state index in [0.717, 1.165) is 11.3 Å². The van der Waals surface area contributed by atoms with Crippen LogP contribution in [-0.2, 0) is 6.61 Å². The van der Waals surface area contributed by atoms with Gasteiger partial charge in [-0.1, -0.05) is 49.1 Å². The maximum Gasteiger partial charge on any atom is 0.122 e. The Kier molecular flexibility index (Phi) is 3.83. The lowest BCUT2D eigenvalue weighted by Crippen LogP contribution is -1.97. The average Bonchev–Trinajstić information content (AvgIpc) is 2.40. The van der Waals surface area contributed by atoms with Gasteiger partial charge in [0, 0.05) is 0 Å².